The fourth-order valence-electron chi connectivity index (χ4n) is 6.22. The molecule has 194 valence electrons. The molecule has 5 rings (SSSR count). The van der Waals surface area contributed by atoms with Crippen LogP contribution in [0.1, 0.15) is 62.3 Å². The van der Waals surface area contributed by atoms with Crippen LogP contribution in [0.15, 0.2) is 72.8 Å². The van der Waals surface area contributed by atoms with Crippen molar-refractivity contribution in [2.45, 2.75) is 83.4 Å². The van der Waals surface area contributed by atoms with Gasteiger partial charge in [0.05, 0.1) is 0 Å². The van der Waals surface area contributed by atoms with Gasteiger partial charge in [0.25, 0.3) is 0 Å². The Morgan fingerprint density at radius 3 is 1.70 bits per heavy atom. The van der Waals surface area contributed by atoms with E-state index in [9.17, 15) is 0 Å². The zero-order valence-corrected chi connectivity index (χ0v) is 25.5. The maximum absolute atomic E-state index is 15.3. The zero-order valence-electron chi connectivity index (χ0n) is 23.7. The second-order valence-corrected chi connectivity index (χ2v) is 21.2. The molecule has 0 N–H and O–H groups in total. The molecule has 0 amide bonds. The van der Waals surface area contributed by atoms with Gasteiger partial charge in [-0.25, -0.2) is 0 Å². The summed E-state index contributed by atoms with van der Waals surface area (Å²) in [5.74, 6) is 0.911. The highest BCUT2D eigenvalue weighted by Gasteiger charge is 2.60. The van der Waals surface area contributed by atoms with E-state index in [-0.39, 0.29) is 21.1 Å². The van der Waals surface area contributed by atoms with E-state index in [1.54, 1.807) is 0 Å². The van der Waals surface area contributed by atoms with E-state index in [1.807, 2.05) is 0 Å². The average Bonchev–Trinajstić information content (AvgIpc) is 3.21. The lowest BCUT2D eigenvalue weighted by atomic mass is 9.92. The Balaban J connectivity index is 1.87. The Morgan fingerprint density at radius 2 is 1.22 bits per heavy atom. The number of benzene rings is 4. The molecule has 0 radical (unpaired) electrons. The molecular formula is C33H40O2P2. The minimum atomic E-state index is -2.87. The molecule has 0 bridgehead atoms. The Morgan fingerprint density at radius 1 is 0.703 bits per heavy atom. The van der Waals surface area contributed by atoms with E-state index in [4.69, 9.17) is 4.74 Å². The lowest BCUT2D eigenvalue weighted by Gasteiger charge is -2.47. The molecule has 2 nitrogen and oxygen atoms in total. The van der Waals surface area contributed by atoms with Gasteiger partial charge in [0.15, 0.2) is 5.59 Å². The molecule has 1 heterocycles. The van der Waals surface area contributed by atoms with Gasteiger partial charge >= 0.3 is 0 Å². The van der Waals surface area contributed by atoms with E-state index < -0.39 is 15.1 Å². The van der Waals surface area contributed by atoms with Gasteiger partial charge in [0.1, 0.15) is 12.9 Å². The monoisotopic (exact) mass is 530 g/mol. The predicted molar refractivity (Wildman–Crippen MR) is 165 cm³/mol. The molecule has 1 aliphatic rings. The lowest BCUT2D eigenvalue weighted by molar-refractivity contribution is 0.341. The SMILES string of the molecule is CC(C)(C)[P@@]1c2c(cccc2-c2c3ccccc3cc3ccccc23)OC1P(=O)(C(C)(C)C)C(C)(C)C. The molecule has 2 atom stereocenters. The summed E-state index contributed by atoms with van der Waals surface area (Å²) in [6.45, 7) is 19.7. The number of ether oxygens (including phenoxy) is 1. The Kier molecular flexibility index (Phi) is 6.22. The maximum Gasteiger partial charge on any atom is 0.174 e. The van der Waals surface area contributed by atoms with Crippen molar-refractivity contribution in [3.8, 4) is 16.9 Å². The third-order valence-electron chi connectivity index (χ3n) is 7.76. The third kappa shape index (κ3) is 4.07. The molecule has 4 heteroatoms. The van der Waals surface area contributed by atoms with Crippen molar-refractivity contribution in [2.75, 3.05) is 0 Å². The predicted octanol–water partition coefficient (Wildman–Crippen LogP) is 10.2. The second-order valence-electron chi connectivity index (χ2n) is 13.3. The average molecular weight is 531 g/mol. The van der Waals surface area contributed by atoms with Gasteiger partial charge in [-0.2, -0.15) is 0 Å². The fraction of sp³-hybridized carbons (Fsp3) is 0.394. The first-order valence-corrected chi connectivity index (χ1v) is 16.4. The van der Waals surface area contributed by atoms with E-state index in [0.29, 0.717) is 0 Å². The van der Waals surface area contributed by atoms with Crippen LogP contribution in [0.3, 0.4) is 0 Å². The number of hydrogen-bond donors (Lipinski definition) is 0. The highest BCUT2D eigenvalue weighted by molar-refractivity contribution is 7.84. The molecule has 0 aromatic heterocycles. The van der Waals surface area contributed by atoms with Crippen molar-refractivity contribution in [1.82, 2.24) is 0 Å². The first kappa shape index (κ1) is 26.5. The van der Waals surface area contributed by atoms with Crippen molar-refractivity contribution < 1.29 is 9.30 Å². The van der Waals surface area contributed by atoms with Crippen LogP contribution in [0.4, 0.5) is 0 Å². The topological polar surface area (TPSA) is 26.3 Å². The summed E-state index contributed by atoms with van der Waals surface area (Å²) in [4.78, 5) is 0. The quantitative estimate of drug-likeness (QED) is 0.190. The Bertz CT molecular complexity index is 1480. The van der Waals surface area contributed by atoms with Gasteiger partial charge in [0, 0.05) is 15.6 Å². The first-order valence-electron chi connectivity index (χ1n) is 13.3. The highest BCUT2D eigenvalue weighted by Crippen LogP contribution is 2.80. The van der Waals surface area contributed by atoms with Crippen LogP contribution in [0.5, 0.6) is 5.75 Å². The lowest BCUT2D eigenvalue weighted by Crippen LogP contribution is -2.38. The van der Waals surface area contributed by atoms with E-state index in [2.05, 4.69) is 135 Å². The van der Waals surface area contributed by atoms with Gasteiger partial charge in [0.2, 0.25) is 0 Å². The highest BCUT2D eigenvalue weighted by atomic mass is 31.2. The minimum absolute atomic E-state index is 0.0894. The van der Waals surface area contributed by atoms with Gasteiger partial charge in [-0.15, -0.1) is 0 Å². The van der Waals surface area contributed by atoms with Crippen molar-refractivity contribution in [2.24, 2.45) is 0 Å². The van der Waals surface area contributed by atoms with E-state index in [0.717, 1.165) is 5.75 Å². The van der Waals surface area contributed by atoms with Gasteiger partial charge in [-0.1, -0.05) is 123 Å². The maximum atomic E-state index is 15.3. The number of fused-ring (bicyclic) bond motifs is 3. The molecule has 0 spiro atoms. The minimum Gasteiger partial charge on any atom is -0.477 e. The summed E-state index contributed by atoms with van der Waals surface area (Å²) < 4.78 is 22.3. The van der Waals surface area contributed by atoms with Gasteiger partial charge < -0.3 is 9.30 Å². The Hall–Kier alpha value is -2.14. The van der Waals surface area contributed by atoms with Crippen LogP contribution < -0.4 is 10.0 Å². The molecule has 0 saturated heterocycles. The summed E-state index contributed by atoms with van der Waals surface area (Å²) in [6.07, 6.45) is 0. The van der Waals surface area contributed by atoms with E-state index >= 15 is 4.57 Å². The zero-order chi connectivity index (χ0) is 27.0. The van der Waals surface area contributed by atoms with Crippen LogP contribution in [0.2, 0.25) is 0 Å². The van der Waals surface area contributed by atoms with Crippen LogP contribution >= 0.6 is 15.1 Å². The molecule has 37 heavy (non-hydrogen) atoms. The van der Waals surface area contributed by atoms with Crippen molar-refractivity contribution >= 4 is 41.9 Å². The van der Waals surface area contributed by atoms with Crippen molar-refractivity contribution in [1.29, 1.82) is 0 Å². The third-order valence-corrected chi connectivity index (χ3v) is 17.1. The second kappa shape index (κ2) is 8.69. The number of rotatable bonds is 2. The summed E-state index contributed by atoms with van der Waals surface area (Å²) in [5.41, 5.74) is 2.16. The van der Waals surface area contributed by atoms with Crippen LogP contribution in [0.25, 0.3) is 32.7 Å². The smallest absolute Gasteiger partial charge is 0.174 e. The van der Waals surface area contributed by atoms with Crippen LogP contribution in [-0.2, 0) is 4.57 Å². The molecule has 1 unspecified atom stereocenters. The van der Waals surface area contributed by atoms with E-state index in [1.165, 1.54) is 38.0 Å². The van der Waals surface area contributed by atoms with Crippen molar-refractivity contribution in [3.63, 3.8) is 0 Å². The normalized spacial score (nSPS) is 18.7. The molecule has 4 aromatic rings. The molecule has 0 saturated carbocycles. The van der Waals surface area contributed by atoms with Crippen LogP contribution in [0, 0.1) is 0 Å². The molecule has 1 aliphatic heterocycles. The van der Waals surface area contributed by atoms with Crippen molar-refractivity contribution in [3.05, 3.63) is 72.8 Å². The van der Waals surface area contributed by atoms with Crippen LogP contribution in [-0.4, -0.2) is 21.1 Å². The molecule has 0 aliphatic carbocycles. The fourth-order valence-corrected chi connectivity index (χ4v) is 17.2. The number of hydrogen-bond acceptors (Lipinski definition) is 2. The largest absolute Gasteiger partial charge is 0.477 e. The van der Waals surface area contributed by atoms with Gasteiger partial charge in [-0.3, -0.25) is 0 Å². The Labute approximate surface area is 223 Å². The molecule has 4 aromatic carbocycles. The standard InChI is InChI=1S/C33H40O2P2/c1-31(2,3)36-29-26(28-24-17-12-10-15-22(24)21-23-16-11-13-18-25(23)28)19-14-20-27(29)35-30(36)37(34,32(4,5)6)33(7,8)9/h10-21,30H,1-9H3/t30?,36-/m0/s1. The first-order chi connectivity index (χ1) is 17.2. The summed E-state index contributed by atoms with van der Waals surface area (Å²) in [5, 5.41) is 5.39. The molecule has 0 fully saturated rings. The van der Waals surface area contributed by atoms with Gasteiger partial charge in [-0.05, 0) is 57.9 Å². The summed E-state index contributed by atoms with van der Waals surface area (Å²) in [6, 6.07) is 26.1. The summed E-state index contributed by atoms with van der Waals surface area (Å²) >= 11 is 0. The summed E-state index contributed by atoms with van der Waals surface area (Å²) in [7, 11) is -3.79. The molecular weight excluding hydrogens is 490 g/mol.